The molecule has 0 bridgehead atoms. The van der Waals surface area contributed by atoms with Gasteiger partial charge in [-0.25, -0.2) is 0 Å². The van der Waals surface area contributed by atoms with Gasteiger partial charge in [-0.2, -0.15) is 5.10 Å². The number of primary amides is 1. The van der Waals surface area contributed by atoms with Crippen molar-refractivity contribution in [3.8, 4) is 0 Å². The summed E-state index contributed by atoms with van der Waals surface area (Å²) in [5.41, 5.74) is 5.91. The van der Waals surface area contributed by atoms with E-state index in [0.717, 1.165) is 0 Å². The minimum Gasteiger partial charge on any atom is -0.366 e. The summed E-state index contributed by atoms with van der Waals surface area (Å²) < 4.78 is 1.43. The lowest BCUT2D eigenvalue weighted by Gasteiger charge is -2.02. The largest absolute Gasteiger partial charge is 0.366 e. The van der Waals surface area contributed by atoms with Crippen molar-refractivity contribution in [2.45, 2.75) is 6.54 Å². The summed E-state index contributed by atoms with van der Waals surface area (Å²) in [4.78, 5) is 21.3. The Morgan fingerprint density at radius 1 is 1.44 bits per heavy atom. The average Bonchev–Trinajstić information content (AvgIpc) is 2.78. The molecule has 92 valence electrons. The Kier molecular flexibility index (Phi) is 3.05. The van der Waals surface area contributed by atoms with Crippen LogP contribution in [-0.2, 0) is 6.54 Å². The molecule has 2 rings (SSSR count). The predicted molar refractivity (Wildman–Crippen MR) is 62.9 cm³/mol. The standard InChI is InChI=1S/C11H10N4O3/c12-11(16)9-5-13-14(7-9)6-8-3-1-2-4-10(8)15(17)18/h1-5,7H,6H2,(H2,12,16). The molecule has 18 heavy (non-hydrogen) atoms. The van der Waals surface area contributed by atoms with Crippen molar-refractivity contribution in [1.29, 1.82) is 0 Å². The summed E-state index contributed by atoms with van der Waals surface area (Å²) in [6, 6.07) is 6.37. The van der Waals surface area contributed by atoms with Crippen molar-refractivity contribution in [1.82, 2.24) is 9.78 Å². The summed E-state index contributed by atoms with van der Waals surface area (Å²) in [7, 11) is 0. The number of carbonyl (C=O) groups is 1. The number of aromatic nitrogens is 2. The zero-order valence-electron chi connectivity index (χ0n) is 9.31. The first kappa shape index (κ1) is 11.8. The zero-order valence-corrected chi connectivity index (χ0v) is 9.31. The minimum absolute atomic E-state index is 0.0219. The van der Waals surface area contributed by atoms with Gasteiger partial charge >= 0.3 is 0 Å². The van der Waals surface area contributed by atoms with Gasteiger partial charge in [-0.3, -0.25) is 19.6 Å². The van der Waals surface area contributed by atoms with E-state index in [-0.39, 0.29) is 17.8 Å². The molecule has 7 heteroatoms. The molecule has 7 nitrogen and oxygen atoms in total. The van der Waals surface area contributed by atoms with Crippen molar-refractivity contribution < 1.29 is 9.72 Å². The van der Waals surface area contributed by atoms with E-state index in [9.17, 15) is 14.9 Å². The van der Waals surface area contributed by atoms with E-state index in [0.29, 0.717) is 5.56 Å². The van der Waals surface area contributed by atoms with Gasteiger partial charge in [-0.1, -0.05) is 18.2 Å². The van der Waals surface area contributed by atoms with Crippen LogP contribution in [0.1, 0.15) is 15.9 Å². The highest BCUT2D eigenvalue weighted by molar-refractivity contribution is 5.92. The van der Waals surface area contributed by atoms with E-state index >= 15 is 0 Å². The molecule has 2 N–H and O–H groups in total. The van der Waals surface area contributed by atoms with E-state index in [2.05, 4.69) is 5.10 Å². The number of carbonyl (C=O) groups excluding carboxylic acids is 1. The Morgan fingerprint density at radius 2 is 2.17 bits per heavy atom. The van der Waals surface area contributed by atoms with Gasteiger partial charge in [0, 0.05) is 12.3 Å². The third-order valence-corrected chi connectivity index (χ3v) is 2.44. The maximum absolute atomic E-state index is 10.9. The van der Waals surface area contributed by atoms with Gasteiger partial charge in [-0.15, -0.1) is 0 Å². The van der Waals surface area contributed by atoms with Crippen LogP contribution in [0.25, 0.3) is 0 Å². The molecule has 1 aromatic heterocycles. The number of para-hydroxylation sites is 1. The maximum Gasteiger partial charge on any atom is 0.274 e. The lowest BCUT2D eigenvalue weighted by Crippen LogP contribution is -2.09. The SMILES string of the molecule is NC(=O)c1cnn(Cc2ccccc2[N+](=O)[O-])c1. The third kappa shape index (κ3) is 2.34. The molecule has 1 heterocycles. The fraction of sp³-hybridized carbons (Fsp3) is 0.0909. The van der Waals surface area contributed by atoms with E-state index in [4.69, 9.17) is 5.73 Å². The summed E-state index contributed by atoms with van der Waals surface area (Å²) in [6.45, 7) is 0.213. The molecule has 1 amide bonds. The number of benzene rings is 1. The minimum atomic E-state index is -0.580. The molecule has 0 aliphatic rings. The van der Waals surface area contributed by atoms with Crippen LogP contribution < -0.4 is 5.73 Å². The first-order valence-corrected chi connectivity index (χ1v) is 5.12. The highest BCUT2D eigenvalue weighted by Crippen LogP contribution is 2.18. The molecule has 2 aromatic rings. The Balaban J connectivity index is 2.28. The fourth-order valence-corrected chi connectivity index (χ4v) is 1.57. The molecule has 0 fully saturated rings. The van der Waals surface area contributed by atoms with Crippen LogP contribution in [0.4, 0.5) is 5.69 Å². The van der Waals surface area contributed by atoms with Gasteiger partial charge in [-0.05, 0) is 0 Å². The van der Waals surface area contributed by atoms with Crippen molar-refractivity contribution in [2.75, 3.05) is 0 Å². The van der Waals surface area contributed by atoms with Crippen LogP contribution in [0.5, 0.6) is 0 Å². The summed E-state index contributed by atoms with van der Waals surface area (Å²) in [6.07, 6.45) is 2.79. The van der Waals surface area contributed by atoms with Gasteiger partial charge in [0.1, 0.15) is 0 Å². The number of nitrogens with two attached hydrogens (primary N) is 1. The molecule has 0 atom stereocenters. The lowest BCUT2D eigenvalue weighted by atomic mass is 10.2. The number of amides is 1. The number of nitrogens with zero attached hydrogens (tertiary/aromatic N) is 3. The number of nitro benzene ring substituents is 1. The Bertz CT molecular complexity index is 606. The van der Waals surface area contributed by atoms with E-state index in [1.165, 1.54) is 23.1 Å². The number of rotatable bonds is 4. The molecular weight excluding hydrogens is 236 g/mol. The van der Waals surface area contributed by atoms with Crippen LogP contribution >= 0.6 is 0 Å². The Hall–Kier alpha value is -2.70. The first-order valence-electron chi connectivity index (χ1n) is 5.12. The highest BCUT2D eigenvalue weighted by atomic mass is 16.6. The lowest BCUT2D eigenvalue weighted by molar-refractivity contribution is -0.385. The summed E-state index contributed by atoms with van der Waals surface area (Å²) >= 11 is 0. The smallest absolute Gasteiger partial charge is 0.274 e. The quantitative estimate of drug-likeness (QED) is 0.640. The molecular formula is C11H10N4O3. The van der Waals surface area contributed by atoms with Crippen LogP contribution in [0.3, 0.4) is 0 Å². The molecule has 0 saturated heterocycles. The van der Waals surface area contributed by atoms with Gasteiger partial charge in [0.15, 0.2) is 0 Å². The van der Waals surface area contributed by atoms with Gasteiger partial charge in [0.05, 0.1) is 28.8 Å². The molecule has 0 radical (unpaired) electrons. The van der Waals surface area contributed by atoms with E-state index in [1.807, 2.05) is 0 Å². The Labute approximate surface area is 102 Å². The van der Waals surface area contributed by atoms with Crippen LogP contribution in [0.15, 0.2) is 36.7 Å². The van der Waals surface area contributed by atoms with Crippen molar-refractivity contribution in [3.63, 3.8) is 0 Å². The van der Waals surface area contributed by atoms with Crippen molar-refractivity contribution in [3.05, 3.63) is 57.9 Å². The number of hydrogen-bond donors (Lipinski definition) is 1. The second-order valence-electron chi connectivity index (χ2n) is 3.68. The molecule has 0 aliphatic carbocycles. The predicted octanol–water partition coefficient (Wildman–Crippen LogP) is 0.938. The molecule has 0 saturated carbocycles. The van der Waals surface area contributed by atoms with Crippen molar-refractivity contribution >= 4 is 11.6 Å². The number of nitro groups is 1. The van der Waals surface area contributed by atoms with E-state index in [1.54, 1.807) is 18.2 Å². The highest BCUT2D eigenvalue weighted by Gasteiger charge is 2.13. The fourth-order valence-electron chi connectivity index (χ4n) is 1.57. The van der Waals surface area contributed by atoms with Crippen molar-refractivity contribution in [2.24, 2.45) is 5.73 Å². The summed E-state index contributed by atoms with van der Waals surface area (Å²) in [5.74, 6) is -0.580. The third-order valence-electron chi connectivity index (χ3n) is 2.44. The second-order valence-corrected chi connectivity index (χ2v) is 3.68. The van der Waals surface area contributed by atoms with E-state index < -0.39 is 10.8 Å². The molecule has 0 aliphatic heterocycles. The van der Waals surface area contributed by atoms with Gasteiger partial charge < -0.3 is 5.73 Å². The second kappa shape index (κ2) is 4.66. The molecule has 0 spiro atoms. The average molecular weight is 246 g/mol. The van der Waals surface area contributed by atoms with Crippen LogP contribution in [-0.4, -0.2) is 20.6 Å². The first-order chi connectivity index (χ1) is 8.58. The Morgan fingerprint density at radius 3 is 2.78 bits per heavy atom. The molecule has 1 aromatic carbocycles. The zero-order chi connectivity index (χ0) is 13.1. The number of hydrogen-bond acceptors (Lipinski definition) is 4. The topological polar surface area (TPSA) is 104 Å². The maximum atomic E-state index is 10.9. The van der Waals surface area contributed by atoms with Gasteiger partial charge in [0.2, 0.25) is 0 Å². The van der Waals surface area contributed by atoms with Crippen LogP contribution in [0, 0.1) is 10.1 Å². The van der Waals surface area contributed by atoms with Gasteiger partial charge in [0.25, 0.3) is 11.6 Å². The normalized spacial score (nSPS) is 10.2. The van der Waals surface area contributed by atoms with Crippen LogP contribution in [0.2, 0.25) is 0 Å². The monoisotopic (exact) mass is 246 g/mol. The summed E-state index contributed by atoms with van der Waals surface area (Å²) in [5, 5.41) is 14.8. The molecule has 0 unspecified atom stereocenters.